The molecule has 1 aliphatic rings. The van der Waals surface area contributed by atoms with Crippen molar-refractivity contribution in [3.8, 4) is 22.6 Å². The van der Waals surface area contributed by atoms with Crippen molar-refractivity contribution in [1.29, 1.82) is 0 Å². The molecule has 0 aliphatic heterocycles. The van der Waals surface area contributed by atoms with E-state index in [0.29, 0.717) is 5.75 Å². The number of carbonyl (C=O) groups is 1. The van der Waals surface area contributed by atoms with Gasteiger partial charge in [-0.3, -0.25) is 4.79 Å². The van der Waals surface area contributed by atoms with Crippen molar-refractivity contribution < 1.29 is 14.3 Å². The van der Waals surface area contributed by atoms with E-state index in [-0.39, 0.29) is 11.6 Å². The first-order valence-corrected chi connectivity index (χ1v) is 16.3. The molecule has 0 aromatic heterocycles. The van der Waals surface area contributed by atoms with Crippen LogP contribution in [0.15, 0.2) is 84.9 Å². The molecular weight excluding hydrogens is 540 g/mol. The summed E-state index contributed by atoms with van der Waals surface area (Å²) in [6.45, 7) is 16.8. The van der Waals surface area contributed by atoms with Crippen molar-refractivity contribution in [1.82, 2.24) is 0 Å². The van der Waals surface area contributed by atoms with Gasteiger partial charge < -0.3 is 9.47 Å². The Bertz CT molecular complexity index is 1610. The van der Waals surface area contributed by atoms with Crippen LogP contribution in [0.5, 0.6) is 11.5 Å². The summed E-state index contributed by atoms with van der Waals surface area (Å²) in [6.07, 6.45) is 4.93. The van der Waals surface area contributed by atoms with Crippen LogP contribution in [0.25, 0.3) is 11.1 Å². The van der Waals surface area contributed by atoms with Gasteiger partial charge in [-0.15, -0.1) is 0 Å². The second-order valence-electron chi connectivity index (χ2n) is 13.8. The Labute approximate surface area is 264 Å². The van der Waals surface area contributed by atoms with Gasteiger partial charge in [0.1, 0.15) is 17.1 Å². The van der Waals surface area contributed by atoms with Crippen LogP contribution in [0.4, 0.5) is 0 Å². The highest BCUT2D eigenvalue weighted by Crippen LogP contribution is 2.56. The number of unbranched alkanes of at least 4 members (excludes halogenated alkanes) is 1. The molecule has 0 amide bonds. The molecule has 1 aliphatic carbocycles. The molecule has 0 bridgehead atoms. The number of ether oxygens (including phenoxy) is 2. The summed E-state index contributed by atoms with van der Waals surface area (Å²) in [7, 11) is 0. The molecule has 44 heavy (non-hydrogen) atoms. The molecule has 3 nitrogen and oxygen atoms in total. The molecule has 0 spiro atoms. The third-order valence-electron chi connectivity index (χ3n) is 9.32. The van der Waals surface area contributed by atoms with E-state index in [4.69, 9.17) is 9.47 Å². The van der Waals surface area contributed by atoms with Gasteiger partial charge in [-0.25, -0.2) is 0 Å². The molecule has 0 saturated carbocycles. The lowest BCUT2D eigenvalue weighted by Crippen LogP contribution is -2.30. The predicted molar refractivity (Wildman–Crippen MR) is 182 cm³/mol. The van der Waals surface area contributed by atoms with Gasteiger partial charge >= 0.3 is 5.97 Å². The Morgan fingerprint density at radius 1 is 0.682 bits per heavy atom. The number of aryl methyl sites for hydroxylation is 2. The maximum atomic E-state index is 13.2. The summed E-state index contributed by atoms with van der Waals surface area (Å²) in [5.74, 6) is 1.37. The van der Waals surface area contributed by atoms with E-state index < -0.39 is 10.8 Å². The Hall–Kier alpha value is -3.85. The summed E-state index contributed by atoms with van der Waals surface area (Å²) >= 11 is 0. The Morgan fingerprint density at radius 2 is 1.20 bits per heavy atom. The fourth-order valence-corrected chi connectivity index (χ4v) is 6.93. The van der Waals surface area contributed by atoms with Crippen molar-refractivity contribution in [3.63, 3.8) is 0 Å². The van der Waals surface area contributed by atoms with Gasteiger partial charge in [0.15, 0.2) is 0 Å². The third-order valence-corrected chi connectivity index (χ3v) is 9.32. The first-order valence-electron chi connectivity index (χ1n) is 16.3. The van der Waals surface area contributed by atoms with Crippen LogP contribution in [0.1, 0.15) is 107 Å². The van der Waals surface area contributed by atoms with E-state index >= 15 is 0 Å². The number of rotatable bonds is 11. The SMILES string of the molecule is CCCCC(C)(C)C(=O)Oc1ccc(C2(c3ccc(OC(C)(C)CCC)c(C)c3)c3ccccc3-c3ccccc32)cc1C. The molecule has 0 radical (unpaired) electrons. The van der Waals surface area contributed by atoms with Gasteiger partial charge in [0, 0.05) is 0 Å². The van der Waals surface area contributed by atoms with E-state index in [1.807, 2.05) is 26.8 Å². The number of carbonyl (C=O) groups excluding carboxylic acids is 1. The zero-order chi connectivity index (χ0) is 31.7. The minimum absolute atomic E-state index is 0.176. The van der Waals surface area contributed by atoms with E-state index in [0.717, 1.165) is 54.5 Å². The molecule has 230 valence electrons. The number of benzene rings is 4. The first-order chi connectivity index (χ1) is 20.9. The molecule has 0 fully saturated rings. The summed E-state index contributed by atoms with van der Waals surface area (Å²) in [6, 6.07) is 30.5. The molecule has 4 aromatic rings. The van der Waals surface area contributed by atoms with Crippen LogP contribution in [0.2, 0.25) is 0 Å². The molecule has 3 heteroatoms. The van der Waals surface area contributed by atoms with Crippen molar-refractivity contribution in [3.05, 3.63) is 118 Å². The van der Waals surface area contributed by atoms with Gasteiger partial charge in [0.2, 0.25) is 0 Å². The second-order valence-corrected chi connectivity index (χ2v) is 13.8. The normalized spacial score (nSPS) is 13.7. The maximum absolute atomic E-state index is 13.2. The van der Waals surface area contributed by atoms with E-state index in [1.165, 1.54) is 27.8 Å². The minimum atomic E-state index is -0.539. The van der Waals surface area contributed by atoms with Gasteiger partial charge in [-0.1, -0.05) is 106 Å². The van der Waals surface area contributed by atoms with Crippen LogP contribution >= 0.6 is 0 Å². The molecule has 4 aromatic carbocycles. The highest BCUT2D eigenvalue weighted by Gasteiger charge is 2.46. The largest absolute Gasteiger partial charge is 0.488 e. The number of fused-ring (bicyclic) bond motifs is 3. The fraction of sp³-hybridized carbons (Fsp3) is 0.390. The Balaban J connectivity index is 1.66. The third kappa shape index (κ3) is 5.70. The Morgan fingerprint density at radius 3 is 1.70 bits per heavy atom. The monoisotopic (exact) mass is 588 g/mol. The standard InChI is InChI=1S/C41H48O3/c1-9-11-25-39(5,6)38(42)43-36-22-20-30(26-28(36)3)41(31-21-23-37(29(4)27-31)44-40(7,8)24-10-2)34-18-14-12-16-32(34)33-17-13-15-19-35(33)41/h12-23,26-27H,9-11,24-25H2,1-8H3. The van der Waals surface area contributed by atoms with Gasteiger partial charge in [0.05, 0.1) is 10.8 Å². The van der Waals surface area contributed by atoms with E-state index in [1.54, 1.807) is 0 Å². The van der Waals surface area contributed by atoms with Crippen LogP contribution in [-0.4, -0.2) is 11.6 Å². The molecule has 0 N–H and O–H groups in total. The molecule has 0 unspecified atom stereocenters. The summed E-state index contributed by atoms with van der Waals surface area (Å²) in [5.41, 5.74) is 8.10. The zero-order valence-electron chi connectivity index (χ0n) is 27.8. The molecule has 0 atom stereocenters. The summed E-state index contributed by atoms with van der Waals surface area (Å²) < 4.78 is 12.6. The maximum Gasteiger partial charge on any atom is 0.316 e. The van der Waals surface area contributed by atoms with Crippen LogP contribution < -0.4 is 9.47 Å². The first kappa shape index (κ1) is 31.6. The van der Waals surface area contributed by atoms with Crippen molar-refractivity contribution >= 4 is 5.97 Å². The average molecular weight is 589 g/mol. The zero-order valence-corrected chi connectivity index (χ0v) is 27.8. The summed E-state index contributed by atoms with van der Waals surface area (Å²) in [5, 5.41) is 0. The van der Waals surface area contributed by atoms with Crippen molar-refractivity contribution in [2.75, 3.05) is 0 Å². The average Bonchev–Trinajstić information content (AvgIpc) is 3.29. The van der Waals surface area contributed by atoms with E-state index in [9.17, 15) is 4.79 Å². The second kappa shape index (κ2) is 12.3. The molecule has 5 rings (SSSR count). The van der Waals surface area contributed by atoms with E-state index in [2.05, 4.69) is 113 Å². The quantitative estimate of drug-likeness (QED) is 0.114. The van der Waals surface area contributed by atoms with Crippen molar-refractivity contribution in [2.24, 2.45) is 5.41 Å². The van der Waals surface area contributed by atoms with Gasteiger partial charge in [-0.05, 0) is 111 Å². The highest BCUT2D eigenvalue weighted by molar-refractivity contribution is 5.86. The number of hydrogen-bond donors (Lipinski definition) is 0. The lowest BCUT2D eigenvalue weighted by molar-refractivity contribution is -0.144. The topological polar surface area (TPSA) is 35.5 Å². The fourth-order valence-electron chi connectivity index (χ4n) is 6.93. The number of hydrogen-bond acceptors (Lipinski definition) is 3. The minimum Gasteiger partial charge on any atom is -0.488 e. The Kier molecular flexibility index (Phi) is 8.80. The predicted octanol–water partition coefficient (Wildman–Crippen LogP) is 10.7. The van der Waals surface area contributed by atoms with Crippen LogP contribution in [-0.2, 0) is 10.2 Å². The number of esters is 1. The highest BCUT2D eigenvalue weighted by atomic mass is 16.5. The van der Waals surface area contributed by atoms with Crippen molar-refractivity contribution in [2.45, 2.75) is 98.5 Å². The lowest BCUT2D eigenvalue weighted by Gasteiger charge is -2.35. The molecule has 0 saturated heterocycles. The molecular formula is C41H48O3. The van der Waals surface area contributed by atoms with Crippen LogP contribution in [0.3, 0.4) is 0 Å². The van der Waals surface area contributed by atoms with Gasteiger partial charge in [-0.2, -0.15) is 0 Å². The van der Waals surface area contributed by atoms with Crippen LogP contribution in [0, 0.1) is 19.3 Å². The lowest BCUT2D eigenvalue weighted by atomic mass is 9.67. The summed E-state index contributed by atoms with van der Waals surface area (Å²) in [4.78, 5) is 13.2. The smallest absolute Gasteiger partial charge is 0.316 e. The molecule has 0 heterocycles. The van der Waals surface area contributed by atoms with Gasteiger partial charge in [0.25, 0.3) is 0 Å².